The van der Waals surface area contributed by atoms with Crippen molar-refractivity contribution in [3.05, 3.63) is 36.0 Å². The van der Waals surface area contributed by atoms with Gasteiger partial charge in [-0.2, -0.15) is 0 Å². The smallest absolute Gasteiger partial charge is 0.0457 e. The van der Waals surface area contributed by atoms with Gasteiger partial charge >= 0.3 is 0 Å². The lowest BCUT2D eigenvalue weighted by Crippen LogP contribution is -2.33. The Kier molecular flexibility index (Phi) is 3.62. The van der Waals surface area contributed by atoms with Crippen molar-refractivity contribution >= 4 is 10.9 Å². The number of nitrogens with one attached hydrogen (secondary N) is 3. The van der Waals surface area contributed by atoms with Crippen LogP contribution in [0, 0.1) is 5.92 Å². The highest BCUT2D eigenvalue weighted by molar-refractivity contribution is 5.82. The van der Waals surface area contributed by atoms with Crippen LogP contribution in [0.4, 0.5) is 0 Å². The standard InChI is InChI=1S/C15H21N3/c1-2-4-15-14(3-1)13(11-18-15)10-17-9-12-5-7-16-8-6-12/h1-4,11-12,16-18H,5-10H2. The highest BCUT2D eigenvalue weighted by atomic mass is 14.9. The number of hydrogen-bond acceptors (Lipinski definition) is 2. The fourth-order valence-corrected chi connectivity index (χ4v) is 2.77. The number of fused-ring (bicyclic) bond motifs is 1. The fraction of sp³-hybridized carbons (Fsp3) is 0.467. The second kappa shape index (κ2) is 5.55. The fourth-order valence-electron chi connectivity index (χ4n) is 2.77. The molecule has 1 fully saturated rings. The summed E-state index contributed by atoms with van der Waals surface area (Å²) in [6.45, 7) is 4.47. The first-order valence-electron chi connectivity index (χ1n) is 6.90. The van der Waals surface area contributed by atoms with Crippen molar-refractivity contribution in [2.24, 2.45) is 5.92 Å². The highest BCUT2D eigenvalue weighted by Gasteiger charge is 2.12. The van der Waals surface area contributed by atoms with Gasteiger partial charge in [-0.15, -0.1) is 0 Å². The molecule has 3 rings (SSSR count). The van der Waals surface area contributed by atoms with Crippen molar-refractivity contribution in [1.29, 1.82) is 0 Å². The molecule has 0 unspecified atom stereocenters. The maximum Gasteiger partial charge on any atom is 0.0457 e. The average molecular weight is 243 g/mol. The molecule has 1 aliphatic rings. The predicted octanol–water partition coefficient (Wildman–Crippen LogP) is 2.26. The molecule has 0 aliphatic carbocycles. The van der Waals surface area contributed by atoms with Gasteiger partial charge in [0.2, 0.25) is 0 Å². The third-order valence-electron chi connectivity index (χ3n) is 3.88. The Morgan fingerprint density at radius 2 is 2.00 bits per heavy atom. The first-order valence-corrected chi connectivity index (χ1v) is 6.90. The van der Waals surface area contributed by atoms with Crippen LogP contribution in [-0.2, 0) is 6.54 Å². The predicted molar refractivity (Wildman–Crippen MR) is 75.6 cm³/mol. The summed E-state index contributed by atoms with van der Waals surface area (Å²) in [5.74, 6) is 0.844. The molecule has 0 amide bonds. The molecule has 3 N–H and O–H groups in total. The number of benzene rings is 1. The normalized spacial score (nSPS) is 17.3. The minimum atomic E-state index is 0.844. The number of para-hydroxylation sites is 1. The summed E-state index contributed by atoms with van der Waals surface area (Å²) in [5.41, 5.74) is 2.61. The molecule has 18 heavy (non-hydrogen) atoms. The summed E-state index contributed by atoms with van der Waals surface area (Å²) >= 11 is 0. The van der Waals surface area contributed by atoms with Gasteiger partial charge in [-0.05, 0) is 50.0 Å². The first kappa shape index (κ1) is 11.8. The highest BCUT2D eigenvalue weighted by Crippen LogP contribution is 2.17. The lowest BCUT2D eigenvalue weighted by atomic mass is 9.98. The largest absolute Gasteiger partial charge is 0.361 e. The second-order valence-electron chi connectivity index (χ2n) is 5.18. The molecule has 3 nitrogen and oxygen atoms in total. The third kappa shape index (κ3) is 2.57. The van der Waals surface area contributed by atoms with Crippen molar-refractivity contribution in [2.45, 2.75) is 19.4 Å². The molecule has 96 valence electrons. The van der Waals surface area contributed by atoms with E-state index in [0.717, 1.165) is 19.0 Å². The van der Waals surface area contributed by atoms with E-state index in [9.17, 15) is 0 Å². The van der Waals surface area contributed by atoms with Crippen molar-refractivity contribution in [3.63, 3.8) is 0 Å². The van der Waals surface area contributed by atoms with Crippen LogP contribution < -0.4 is 10.6 Å². The average Bonchev–Trinajstić information content (AvgIpc) is 2.84. The zero-order chi connectivity index (χ0) is 12.2. The number of aromatic nitrogens is 1. The maximum atomic E-state index is 3.60. The van der Waals surface area contributed by atoms with Gasteiger partial charge in [-0.25, -0.2) is 0 Å². The zero-order valence-corrected chi connectivity index (χ0v) is 10.7. The van der Waals surface area contributed by atoms with Crippen LogP contribution in [0.25, 0.3) is 10.9 Å². The molecule has 0 bridgehead atoms. The number of piperidine rings is 1. The van der Waals surface area contributed by atoms with Crippen molar-refractivity contribution < 1.29 is 0 Å². The Hall–Kier alpha value is -1.32. The van der Waals surface area contributed by atoms with Crippen LogP contribution in [0.1, 0.15) is 18.4 Å². The molecule has 2 heterocycles. The van der Waals surface area contributed by atoms with Crippen LogP contribution in [0.15, 0.2) is 30.5 Å². The topological polar surface area (TPSA) is 39.8 Å². The molecule has 1 saturated heterocycles. The maximum absolute atomic E-state index is 3.60. The monoisotopic (exact) mass is 243 g/mol. The van der Waals surface area contributed by atoms with E-state index in [0.29, 0.717) is 0 Å². The molecular formula is C15H21N3. The third-order valence-corrected chi connectivity index (χ3v) is 3.88. The SMILES string of the molecule is c1ccc2c(CNCC3CCNCC3)c[nH]c2c1. The summed E-state index contributed by atoms with van der Waals surface area (Å²) in [4.78, 5) is 3.33. The quantitative estimate of drug-likeness (QED) is 0.771. The van der Waals surface area contributed by atoms with E-state index in [1.165, 1.54) is 42.4 Å². The van der Waals surface area contributed by atoms with E-state index < -0.39 is 0 Å². The Balaban J connectivity index is 1.56. The zero-order valence-electron chi connectivity index (χ0n) is 10.7. The number of rotatable bonds is 4. The molecule has 0 radical (unpaired) electrons. The van der Waals surface area contributed by atoms with Crippen molar-refractivity contribution in [3.8, 4) is 0 Å². The summed E-state index contributed by atoms with van der Waals surface area (Å²) in [6, 6.07) is 8.50. The molecule has 1 aromatic carbocycles. The van der Waals surface area contributed by atoms with Crippen molar-refractivity contribution in [1.82, 2.24) is 15.6 Å². The van der Waals surface area contributed by atoms with E-state index in [2.05, 4.69) is 46.1 Å². The molecule has 0 spiro atoms. The van der Waals surface area contributed by atoms with Gasteiger partial charge in [0.05, 0.1) is 0 Å². The van der Waals surface area contributed by atoms with Gasteiger partial charge < -0.3 is 15.6 Å². The van der Waals surface area contributed by atoms with Gasteiger partial charge in [-0.1, -0.05) is 18.2 Å². The second-order valence-corrected chi connectivity index (χ2v) is 5.18. The van der Waals surface area contributed by atoms with Gasteiger partial charge in [0.25, 0.3) is 0 Å². The Morgan fingerprint density at radius 3 is 2.89 bits per heavy atom. The summed E-state index contributed by atoms with van der Waals surface area (Å²) in [5, 5.41) is 8.35. The van der Waals surface area contributed by atoms with Crippen LogP contribution in [0.5, 0.6) is 0 Å². The van der Waals surface area contributed by atoms with Crippen LogP contribution in [0.3, 0.4) is 0 Å². The number of hydrogen-bond donors (Lipinski definition) is 3. The number of H-pyrrole nitrogens is 1. The molecule has 0 saturated carbocycles. The van der Waals surface area contributed by atoms with Gasteiger partial charge in [0.1, 0.15) is 0 Å². The Labute approximate surface area is 108 Å². The van der Waals surface area contributed by atoms with E-state index in [1.807, 2.05) is 0 Å². The van der Waals surface area contributed by atoms with Crippen LogP contribution in [-0.4, -0.2) is 24.6 Å². The first-order chi connectivity index (χ1) is 8.93. The van der Waals surface area contributed by atoms with E-state index in [1.54, 1.807) is 0 Å². The number of aromatic amines is 1. The molecule has 3 heteroatoms. The van der Waals surface area contributed by atoms with E-state index >= 15 is 0 Å². The van der Waals surface area contributed by atoms with Crippen LogP contribution >= 0.6 is 0 Å². The molecular weight excluding hydrogens is 222 g/mol. The minimum Gasteiger partial charge on any atom is -0.361 e. The summed E-state index contributed by atoms with van der Waals surface area (Å²) < 4.78 is 0. The van der Waals surface area contributed by atoms with E-state index in [4.69, 9.17) is 0 Å². The van der Waals surface area contributed by atoms with Gasteiger partial charge in [-0.3, -0.25) is 0 Å². The molecule has 2 aromatic rings. The Bertz CT molecular complexity index is 497. The minimum absolute atomic E-state index is 0.844. The Morgan fingerprint density at radius 1 is 1.17 bits per heavy atom. The van der Waals surface area contributed by atoms with Gasteiger partial charge in [0, 0.05) is 23.6 Å². The molecule has 1 aromatic heterocycles. The van der Waals surface area contributed by atoms with Crippen molar-refractivity contribution in [2.75, 3.05) is 19.6 Å². The lowest BCUT2D eigenvalue weighted by molar-refractivity contribution is 0.356. The lowest BCUT2D eigenvalue weighted by Gasteiger charge is -2.22. The van der Waals surface area contributed by atoms with Gasteiger partial charge in [0.15, 0.2) is 0 Å². The van der Waals surface area contributed by atoms with E-state index in [-0.39, 0.29) is 0 Å². The van der Waals surface area contributed by atoms with Crippen LogP contribution in [0.2, 0.25) is 0 Å². The summed E-state index contributed by atoms with van der Waals surface area (Å²) in [7, 11) is 0. The molecule has 1 aliphatic heterocycles. The molecule has 0 atom stereocenters. The summed E-state index contributed by atoms with van der Waals surface area (Å²) in [6.07, 6.45) is 4.74.